The van der Waals surface area contributed by atoms with Gasteiger partial charge in [-0.15, -0.1) is 0 Å². The fourth-order valence-corrected chi connectivity index (χ4v) is 2.98. The molecule has 0 saturated carbocycles. The third-order valence-electron chi connectivity index (χ3n) is 4.80. The lowest BCUT2D eigenvalue weighted by Gasteiger charge is -2.22. The number of Topliss-reactive ketones (excluding diaryl/α,β-unsaturated/α-hetero) is 1. The van der Waals surface area contributed by atoms with Crippen LogP contribution in [0.3, 0.4) is 0 Å². The summed E-state index contributed by atoms with van der Waals surface area (Å²) >= 11 is 0. The summed E-state index contributed by atoms with van der Waals surface area (Å²) < 4.78 is 4.98. The number of ketones is 1. The van der Waals surface area contributed by atoms with Gasteiger partial charge in [-0.1, -0.05) is 31.5 Å². The van der Waals surface area contributed by atoms with E-state index in [1.54, 1.807) is 26.8 Å². The molecule has 1 saturated heterocycles. The maximum Gasteiger partial charge on any atom is 0.326 e. The van der Waals surface area contributed by atoms with E-state index in [9.17, 15) is 19.2 Å². The van der Waals surface area contributed by atoms with Crippen molar-refractivity contribution in [2.75, 3.05) is 13.2 Å². The van der Waals surface area contributed by atoms with E-state index in [2.05, 4.69) is 5.32 Å². The number of urea groups is 1. The smallest absolute Gasteiger partial charge is 0.326 e. The van der Waals surface area contributed by atoms with E-state index in [1.807, 2.05) is 19.1 Å². The van der Waals surface area contributed by atoms with Gasteiger partial charge in [-0.25, -0.2) is 4.79 Å². The van der Waals surface area contributed by atoms with Gasteiger partial charge in [0.05, 0.1) is 0 Å². The number of imide groups is 1. The van der Waals surface area contributed by atoms with Gasteiger partial charge >= 0.3 is 12.0 Å². The van der Waals surface area contributed by atoms with Crippen LogP contribution < -0.4 is 5.32 Å². The van der Waals surface area contributed by atoms with Crippen LogP contribution in [0.1, 0.15) is 48.2 Å². The Labute approximate surface area is 152 Å². The van der Waals surface area contributed by atoms with Gasteiger partial charge in [-0.05, 0) is 38.3 Å². The Bertz CT molecular complexity index is 752. The zero-order valence-corrected chi connectivity index (χ0v) is 15.5. The molecule has 26 heavy (non-hydrogen) atoms. The Balaban J connectivity index is 1.97. The first-order valence-corrected chi connectivity index (χ1v) is 8.64. The monoisotopic (exact) mass is 360 g/mol. The molecule has 1 aliphatic rings. The van der Waals surface area contributed by atoms with E-state index in [1.165, 1.54) is 0 Å². The highest BCUT2D eigenvalue weighted by molar-refractivity contribution is 6.08. The summed E-state index contributed by atoms with van der Waals surface area (Å²) in [7, 11) is 0. The van der Waals surface area contributed by atoms with Crippen molar-refractivity contribution in [3.63, 3.8) is 0 Å². The van der Waals surface area contributed by atoms with Crippen molar-refractivity contribution >= 4 is 23.7 Å². The van der Waals surface area contributed by atoms with Crippen molar-refractivity contribution in [1.29, 1.82) is 0 Å². The van der Waals surface area contributed by atoms with Crippen molar-refractivity contribution in [1.82, 2.24) is 10.2 Å². The second-order valence-corrected chi connectivity index (χ2v) is 6.51. The minimum Gasteiger partial charge on any atom is -0.456 e. The molecule has 1 fully saturated rings. The molecular formula is C19H24N2O5. The zero-order valence-electron chi connectivity index (χ0n) is 15.5. The normalized spacial score (nSPS) is 15.8. The molecule has 1 heterocycles. The Morgan fingerprint density at radius 2 is 1.81 bits per heavy atom. The molecule has 1 N–H and O–H groups in total. The molecule has 7 nitrogen and oxygen atoms in total. The van der Waals surface area contributed by atoms with Crippen molar-refractivity contribution < 1.29 is 23.9 Å². The Morgan fingerprint density at radius 3 is 2.38 bits per heavy atom. The maximum atomic E-state index is 12.4. The molecular weight excluding hydrogens is 336 g/mol. The summed E-state index contributed by atoms with van der Waals surface area (Å²) in [5, 5.41) is 2.64. The molecule has 0 aliphatic carbocycles. The fourth-order valence-electron chi connectivity index (χ4n) is 2.98. The topological polar surface area (TPSA) is 92.8 Å². The summed E-state index contributed by atoms with van der Waals surface area (Å²) in [6.07, 6.45) is 0.871. The summed E-state index contributed by atoms with van der Waals surface area (Å²) in [6, 6.07) is 4.84. The third kappa shape index (κ3) is 3.76. The first-order chi connectivity index (χ1) is 12.2. The number of hydrogen-bond donors (Lipinski definition) is 1. The number of hydrogen-bond acceptors (Lipinski definition) is 5. The van der Waals surface area contributed by atoms with Gasteiger partial charge in [0.1, 0.15) is 12.1 Å². The van der Waals surface area contributed by atoms with Gasteiger partial charge in [0.25, 0.3) is 5.91 Å². The zero-order chi connectivity index (χ0) is 19.5. The average Bonchev–Trinajstić information content (AvgIpc) is 2.86. The van der Waals surface area contributed by atoms with Crippen molar-refractivity contribution in [3.05, 3.63) is 34.9 Å². The largest absolute Gasteiger partial charge is 0.456 e. The lowest BCUT2D eigenvalue weighted by molar-refractivity contribution is -0.146. The van der Waals surface area contributed by atoms with Crippen LogP contribution in [0.2, 0.25) is 0 Å². The lowest BCUT2D eigenvalue weighted by atomic mass is 9.93. The number of carbonyl (C=O) groups is 4. The Morgan fingerprint density at radius 1 is 1.15 bits per heavy atom. The number of nitrogens with zero attached hydrogens (tertiary/aromatic N) is 1. The van der Waals surface area contributed by atoms with Crippen LogP contribution in [0, 0.1) is 13.8 Å². The van der Waals surface area contributed by atoms with E-state index in [0.29, 0.717) is 18.4 Å². The van der Waals surface area contributed by atoms with Crippen molar-refractivity contribution in [2.24, 2.45) is 0 Å². The predicted molar refractivity (Wildman–Crippen MR) is 94.8 cm³/mol. The van der Waals surface area contributed by atoms with Crippen LogP contribution in [-0.2, 0) is 14.3 Å². The number of carbonyl (C=O) groups excluding carboxylic acids is 4. The Hall–Kier alpha value is -2.70. The molecule has 0 spiro atoms. The van der Waals surface area contributed by atoms with Crippen molar-refractivity contribution in [3.8, 4) is 0 Å². The van der Waals surface area contributed by atoms with Crippen LogP contribution in [-0.4, -0.2) is 47.3 Å². The van der Waals surface area contributed by atoms with E-state index < -0.39 is 36.6 Å². The van der Waals surface area contributed by atoms with Crippen LogP contribution >= 0.6 is 0 Å². The third-order valence-corrected chi connectivity index (χ3v) is 4.80. The number of benzene rings is 1. The highest BCUT2D eigenvalue weighted by Crippen LogP contribution is 2.24. The second-order valence-electron chi connectivity index (χ2n) is 6.51. The number of aryl methyl sites for hydroxylation is 2. The number of ether oxygens (including phenoxy) is 1. The highest BCUT2D eigenvalue weighted by atomic mass is 16.5. The first-order valence-electron chi connectivity index (χ1n) is 8.64. The number of nitrogens with one attached hydrogen (secondary N) is 1. The summed E-state index contributed by atoms with van der Waals surface area (Å²) in [5.41, 5.74) is 1.25. The van der Waals surface area contributed by atoms with Gasteiger partial charge < -0.3 is 10.1 Å². The molecule has 7 heteroatoms. The SMILES string of the molecule is CCC1(CC)NC(=O)N(CC(=O)OCC(=O)c2cc(C)ccc2C)C1=O. The van der Waals surface area contributed by atoms with Gasteiger partial charge in [-0.2, -0.15) is 0 Å². The standard InChI is InChI=1S/C19H24N2O5/c1-5-19(6-2)17(24)21(18(25)20-19)10-16(23)26-11-15(22)14-9-12(3)7-8-13(14)4/h7-9H,5-6,10-11H2,1-4H3,(H,20,25). The molecule has 0 radical (unpaired) electrons. The van der Waals surface area contributed by atoms with Gasteiger partial charge in [0.15, 0.2) is 6.61 Å². The number of amides is 3. The Kier molecular flexibility index (Phi) is 5.79. The molecule has 1 aromatic rings. The molecule has 2 rings (SSSR count). The van der Waals surface area contributed by atoms with E-state index in [4.69, 9.17) is 4.74 Å². The maximum absolute atomic E-state index is 12.4. The molecule has 0 atom stereocenters. The lowest BCUT2D eigenvalue weighted by Crippen LogP contribution is -2.46. The number of rotatable bonds is 7. The molecule has 0 unspecified atom stereocenters. The summed E-state index contributed by atoms with van der Waals surface area (Å²) in [4.78, 5) is 49.6. The molecule has 3 amide bonds. The van der Waals surface area contributed by atoms with Crippen LogP contribution in [0.4, 0.5) is 4.79 Å². The molecule has 1 aromatic carbocycles. The average molecular weight is 360 g/mol. The molecule has 0 aromatic heterocycles. The van der Waals surface area contributed by atoms with Crippen molar-refractivity contribution in [2.45, 2.75) is 46.1 Å². The highest BCUT2D eigenvalue weighted by Gasteiger charge is 2.49. The minimum atomic E-state index is -0.966. The first kappa shape index (κ1) is 19.6. The molecule has 1 aliphatic heterocycles. The van der Waals surface area contributed by atoms with E-state index in [-0.39, 0.29) is 5.78 Å². The van der Waals surface area contributed by atoms with Crippen LogP contribution in [0.15, 0.2) is 18.2 Å². The molecule has 0 bridgehead atoms. The van der Waals surface area contributed by atoms with Gasteiger partial charge in [0, 0.05) is 5.56 Å². The van der Waals surface area contributed by atoms with Crippen LogP contribution in [0.25, 0.3) is 0 Å². The van der Waals surface area contributed by atoms with E-state index >= 15 is 0 Å². The van der Waals surface area contributed by atoms with Crippen LogP contribution in [0.5, 0.6) is 0 Å². The second kappa shape index (κ2) is 7.68. The molecule has 140 valence electrons. The fraction of sp³-hybridized carbons (Fsp3) is 0.474. The van der Waals surface area contributed by atoms with E-state index in [0.717, 1.165) is 16.0 Å². The summed E-state index contributed by atoms with van der Waals surface area (Å²) in [5.74, 6) is -1.56. The number of esters is 1. The predicted octanol–water partition coefficient (Wildman–Crippen LogP) is 2.14. The van der Waals surface area contributed by atoms with Gasteiger partial charge in [-0.3, -0.25) is 19.3 Å². The minimum absolute atomic E-state index is 0.326. The quantitative estimate of drug-likeness (QED) is 0.457. The van der Waals surface area contributed by atoms with Gasteiger partial charge in [0.2, 0.25) is 5.78 Å². The summed E-state index contributed by atoms with van der Waals surface area (Å²) in [6.45, 7) is 6.33.